The number of benzene rings is 4. The number of rotatable bonds is 6. The Morgan fingerprint density at radius 1 is 0.812 bits per heavy atom. The normalized spacial score (nSPS) is 10.8. The second kappa shape index (κ2) is 9.57. The predicted molar refractivity (Wildman–Crippen MR) is 123 cm³/mol. The maximum Gasteiger partial charge on any atom is 0.343 e. The molecule has 6 nitrogen and oxygen atoms in total. The molecule has 0 unspecified atom stereocenters. The highest BCUT2D eigenvalue weighted by Crippen LogP contribution is 2.27. The second-order valence-electron chi connectivity index (χ2n) is 6.88. The Kier molecular flexibility index (Phi) is 6.22. The maximum absolute atomic E-state index is 12.7. The molecule has 1 N–H and O–H groups in total. The summed E-state index contributed by atoms with van der Waals surface area (Å²) in [6.07, 6.45) is 1.49. The van der Waals surface area contributed by atoms with Crippen LogP contribution in [0.1, 0.15) is 26.3 Å². The first-order valence-corrected chi connectivity index (χ1v) is 9.92. The summed E-state index contributed by atoms with van der Waals surface area (Å²) in [7, 11) is 1.56. The molecule has 32 heavy (non-hydrogen) atoms. The first-order chi connectivity index (χ1) is 15.7. The number of ether oxygens (including phenoxy) is 2. The van der Waals surface area contributed by atoms with Gasteiger partial charge in [0.2, 0.25) is 0 Å². The van der Waals surface area contributed by atoms with Crippen molar-refractivity contribution in [3.8, 4) is 11.5 Å². The number of methoxy groups -OCH3 is 1. The van der Waals surface area contributed by atoms with E-state index in [9.17, 15) is 9.59 Å². The summed E-state index contributed by atoms with van der Waals surface area (Å²) in [5.41, 5.74) is 3.98. The van der Waals surface area contributed by atoms with E-state index < -0.39 is 5.97 Å². The number of esters is 1. The van der Waals surface area contributed by atoms with Crippen LogP contribution >= 0.6 is 0 Å². The standard InChI is InChI=1S/C26H20N2O4/c1-31-21-14-11-20(12-15-21)26(30)32-24-16-13-18-7-5-6-10-22(18)23(24)17-27-28-25(29)19-8-3-2-4-9-19/h2-17H,1H3,(H,28,29)/b27-17-. The fraction of sp³-hybridized carbons (Fsp3) is 0.0385. The Hall–Kier alpha value is -4.45. The highest BCUT2D eigenvalue weighted by molar-refractivity contribution is 6.04. The van der Waals surface area contributed by atoms with E-state index in [1.165, 1.54) is 6.21 Å². The lowest BCUT2D eigenvalue weighted by Crippen LogP contribution is -2.17. The smallest absolute Gasteiger partial charge is 0.343 e. The van der Waals surface area contributed by atoms with Crippen molar-refractivity contribution in [2.75, 3.05) is 7.11 Å². The fourth-order valence-corrected chi connectivity index (χ4v) is 3.19. The van der Waals surface area contributed by atoms with E-state index in [0.29, 0.717) is 28.2 Å². The fourth-order valence-electron chi connectivity index (χ4n) is 3.19. The summed E-state index contributed by atoms with van der Waals surface area (Å²) in [5, 5.41) is 5.89. The first kappa shape index (κ1) is 20.8. The van der Waals surface area contributed by atoms with Gasteiger partial charge in [0, 0.05) is 11.1 Å². The SMILES string of the molecule is COc1ccc(C(=O)Oc2ccc3ccccc3c2/C=N\NC(=O)c2ccccc2)cc1. The van der Waals surface area contributed by atoms with Gasteiger partial charge in [0.1, 0.15) is 11.5 Å². The van der Waals surface area contributed by atoms with Crippen LogP contribution in [0.5, 0.6) is 11.5 Å². The molecular weight excluding hydrogens is 404 g/mol. The molecule has 0 atom stereocenters. The summed E-state index contributed by atoms with van der Waals surface area (Å²) in [4.78, 5) is 25.0. The molecule has 158 valence electrons. The summed E-state index contributed by atoms with van der Waals surface area (Å²) in [5.74, 6) is 0.140. The highest BCUT2D eigenvalue weighted by atomic mass is 16.5. The summed E-state index contributed by atoms with van der Waals surface area (Å²) < 4.78 is 10.8. The molecule has 4 aromatic rings. The molecule has 0 aliphatic rings. The molecule has 0 aromatic heterocycles. The Bertz CT molecular complexity index is 1280. The topological polar surface area (TPSA) is 77.0 Å². The van der Waals surface area contributed by atoms with E-state index in [0.717, 1.165) is 10.8 Å². The average molecular weight is 424 g/mol. The number of nitrogens with zero attached hydrogens (tertiary/aromatic N) is 1. The number of carbonyl (C=O) groups excluding carboxylic acids is 2. The first-order valence-electron chi connectivity index (χ1n) is 9.92. The molecule has 0 aliphatic carbocycles. The van der Waals surface area contributed by atoms with Gasteiger partial charge in [-0.1, -0.05) is 48.5 Å². The minimum absolute atomic E-state index is 0.334. The van der Waals surface area contributed by atoms with Gasteiger partial charge < -0.3 is 9.47 Å². The molecule has 0 heterocycles. The van der Waals surface area contributed by atoms with Gasteiger partial charge in [-0.15, -0.1) is 0 Å². The monoisotopic (exact) mass is 424 g/mol. The molecule has 6 heteroatoms. The number of hydrazone groups is 1. The third kappa shape index (κ3) is 4.65. The lowest BCUT2D eigenvalue weighted by molar-refractivity contribution is 0.0734. The van der Waals surface area contributed by atoms with Gasteiger partial charge in [0.15, 0.2) is 0 Å². The van der Waals surface area contributed by atoms with Crippen LogP contribution < -0.4 is 14.9 Å². The van der Waals surface area contributed by atoms with Crippen molar-refractivity contribution in [1.29, 1.82) is 0 Å². The number of nitrogens with one attached hydrogen (secondary N) is 1. The van der Waals surface area contributed by atoms with Gasteiger partial charge in [-0.05, 0) is 53.2 Å². The Morgan fingerprint density at radius 2 is 1.53 bits per heavy atom. The van der Waals surface area contributed by atoms with Crippen LogP contribution in [0.3, 0.4) is 0 Å². The molecule has 0 saturated carbocycles. The van der Waals surface area contributed by atoms with Gasteiger partial charge >= 0.3 is 5.97 Å². The van der Waals surface area contributed by atoms with E-state index in [-0.39, 0.29) is 5.91 Å². The lowest BCUT2D eigenvalue weighted by Gasteiger charge is -2.11. The van der Waals surface area contributed by atoms with E-state index in [1.807, 2.05) is 36.4 Å². The zero-order chi connectivity index (χ0) is 22.3. The molecule has 0 saturated heterocycles. The maximum atomic E-state index is 12.7. The van der Waals surface area contributed by atoms with Gasteiger partial charge in [-0.3, -0.25) is 4.79 Å². The quantitative estimate of drug-likeness (QED) is 0.208. The van der Waals surface area contributed by atoms with Crippen molar-refractivity contribution in [3.63, 3.8) is 0 Å². The van der Waals surface area contributed by atoms with Crippen LogP contribution in [0.4, 0.5) is 0 Å². The van der Waals surface area contributed by atoms with Crippen molar-refractivity contribution in [1.82, 2.24) is 5.43 Å². The van der Waals surface area contributed by atoms with Crippen LogP contribution in [0.2, 0.25) is 0 Å². The molecule has 0 fully saturated rings. The molecule has 0 radical (unpaired) electrons. The minimum atomic E-state index is -0.508. The molecule has 0 spiro atoms. The third-order valence-electron chi connectivity index (χ3n) is 4.85. The Labute approximate surface area is 185 Å². The molecule has 1 amide bonds. The van der Waals surface area contributed by atoms with Gasteiger partial charge in [0.25, 0.3) is 5.91 Å². The number of amides is 1. The molecule has 4 rings (SSSR count). The summed E-state index contributed by atoms with van der Waals surface area (Å²) >= 11 is 0. The van der Waals surface area contributed by atoms with Gasteiger partial charge in [-0.2, -0.15) is 5.10 Å². The number of hydrogen-bond donors (Lipinski definition) is 1. The van der Waals surface area contributed by atoms with Crippen molar-refractivity contribution in [2.45, 2.75) is 0 Å². The van der Waals surface area contributed by atoms with Crippen LogP contribution in [0.15, 0.2) is 96.1 Å². The van der Waals surface area contributed by atoms with E-state index >= 15 is 0 Å². The largest absolute Gasteiger partial charge is 0.497 e. The minimum Gasteiger partial charge on any atom is -0.497 e. The van der Waals surface area contributed by atoms with Crippen LogP contribution in [-0.2, 0) is 0 Å². The van der Waals surface area contributed by atoms with Crippen molar-refractivity contribution >= 4 is 28.9 Å². The molecule has 4 aromatic carbocycles. The number of fused-ring (bicyclic) bond motifs is 1. The summed E-state index contributed by atoms with van der Waals surface area (Å²) in [6, 6.07) is 26.7. The molecule has 0 aliphatic heterocycles. The third-order valence-corrected chi connectivity index (χ3v) is 4.85. The van der Waals surface area contributed by atoms with E-state index in [2.05, 4.69) is 10.5 Å². The van der Waals surface area contributed by atoms with Crippen molar-refractivity contribution in [2.24, 2.45) is 5.10 Å². The number of hydrogen-bond acceptors (Lipinski definition) is 5. The van der Waals surface area contributed by atoms with Crippen LogP contribution in [0, 0.1) is 0 Å². The predicted octanol–water partition coefficient (Wildman–Crippen LogP) is 4.83. The van der Waals surface area contributed by atoms with E-state index in [1.54, 1.807) is 61.7 Å². The summed E-state index contributed by atoms with van der Waals surface area (Å²) in [6.45, 7) is 0. The number of carbonyl (C=O) groups is 2. The highest BCUT2D eigenvalue weighted by Gasteiger charge is 2.14. The Morgan fingerprint density at radius 3 is 2.28 bits per heavy atom. The van der Waals surface area contributed by atoms with Gasteiger partial charge in [0.05, 0.1) is 18.9 Å². The zero-order valence-corrected chi connectivity index (χ0v) is 17.3. The van der Waals surface area contributed by atoms with E-state index in [4.69, 9.17) is 9.47 Å². The molecular formula is C26H20N2O4. The van der Waals surface area contributed by atoms with Crippen molar-refractivity contribution < 1.29 is 19.1 Å². The van der Waals surface area contributed by atoms with Gasteiger partial charge in [-0.25, -0.2) is 10.2 Å². The average Bonchev–Trinajstić information content (AvgIpc) is 2.85. The molecule has 0 bridgehead atoms. The van der Waals surface area contributed by atoms with Crippen LogP contribution in [0.25, 0.3) is 10.8 Å². The lowest BCUT2D eigenvalue weighted by atomic mass is 10.0. The van der Waals surface area contributed by atoms with Crippen LogP contribution in [-0.4, -0.2) is 25.2 Å². The Balaban J connectivity index is 1.61. The second-order valence-corrected chi connectivity index (χ2v) is 6.88. The van der Waals surface area contributed by atoms with Crippen molar-refractivity contribution in [3.05, 3.63) is 108 Å². The zero-order valence-electron chi connectivity index (χ0n) is 17.3.